The summed E-state index contributed by atoms with van der Waals surface area (Å²) in [4.78, 5) is 4.32. The molecular weight excluding hydrogens is 260 g/mol. The first-order valence-corrected chi connectivity index (χ1v) is 6.68. The van der Waals surface area contributed by atoms with E-state index in [-0.39, 0.29) is 6.04 Å². The number of rotatable bonds is 5. The van der Waals surface area contributed by atoms with Crippen LogP contribution in [0.2, 0.25) is 5.02 Å². The Balaban J connectivity index is 2.12. The zero-order valence-corrected chi connectivity index (χ0v) is 12.0. The minimum Gasteiger partial charge on any atom is -0.338 e. The normalized spacial score (nSPS) is 12.6. The van der Waals surface area contributed by atoms with Crippen LogP contribution < -0.4 is 11.3 Å². The molecule has 0 saturated carbocycles. The minimum absolute atomic E-state index is 0.0791. The molecule has 1 heterocycles. The van der Waals surface area contributed by atoms with E-state index in [9.17, 15) is 0 Å². The third-order valence-corrected chi connectivity index (χ3v) is 3.63. The SMILES string of the molecule is Cc1ccc(Cl)cc1C(CCc1nccn1C)NN. The average molecular weight is 279 g/mol. The molecule has 0 fully saturated rings. The number of nitrogens with two attached hydrogens (primary N) is 1. The smallest absolute Gasteiger partial charge is 0.108 e. The zero-order chi connectivity index (χ0) is 13.8. The molecule has 1 atom stereocenters. The predicted octanol–water partition coefficient (Wildman–Crippen LogP) is 2.52. The number of nitrogens with zero attached hydrogens (tertiary/aromatic N) is 2. The number of imidazole rings is 1. The van der Waals surface area contributed by atoms with Gasteiger partial charge in [0.2, 0.25) is 0 Å². The van der Waals surface area contributed by atoms with E-state index in [2.05, 4.69) is 17.3 Å². The lowest BCUT2D eigenvalue weighted by atomic mass is 9.98. The van der Waals surface area contributed by atoms with E-state index in [0.717, 1.165) is 29.3 Å². The Morgan fingerprint density at radius 2 is 2.26 bits per heavy atom. The quantitative estimate of drug-likeness (QED) is 0.653. The van der Waals surface area contributed by atoms with Gasteiger partial charge in [0.25, 0.3) is 0 Å². The lowest BCUT2D eigenvalue weighted by molar-refractivity contribution is 0.504. The number of hydrogen-bond donors (Lipinski definition) is 2. The Kier molecular flexibility index (Phi) is 4.58. The molecule has 0 aliphatic heterocycles. The van der Waals surface area contributed by atoms with Crippen LogP contribution >= 0.6 is 11.6 Å². The molecule has 0 saturated heterocycles. The van der Waals surface area contributed by atoms with Crippen molar-refractivity contribution in [3.63, 3.8) is 0 Å². The van der Waals surface area contributed by atoms with Crippen molar-refractivity contribution >= 4 is 11.6 Å². The highest BCUT2D eigenvalue weighted by Gasteiger charge is 2.14. The van der Waals surface area contributed by atoms with Gasteiger partial charge < -0.3 is 4.57 Å². The van der Waals surface area contributed by atoms with Crippen molar-refractivity contribution < 1.29 is 0 Å². The maximum Gasteiger partial charge on any atom is 0.108 e. The van der Waals surface area contributed by atoms with Crippen molar-refractivity contribution in [3.05, 3.63) is 52.6 Å². The van der Waals surface area contributed by atoms with Gasteiger partial charge in [0.1, 0.15) is 5.82 Å². The second-order valence-electron chi connectivity index (χ2n) is 4.71. The van der Waals surface area contributed by atoms with Crippen LogP contribution in [0, 0.1) is 6.92 Å². The van der Waals surface area contributed by atoms with Crippen LogP contribution in [0.15, 0.2) is 30.6 Å². The Morgan fingerprint density at radius 3 is 2.89 bits per heavy atom. The highest BCUT2D eigenvalue weighted by Crippen LogP contribution is 2.24. The zero-order valence-electron chi connectivity index (χ0n) is 11.2. The fourth-order valence-electron chi connectivity index (χ4n) is 2.23. The van der Waals surface area contributed by atoms with E-state index >= 15 is 0 Å². The molecule has 1 unspecified atom stereocenters. The maximum absolute atomic E-state index is 6.06. The molecule has 1 aromatic carbocycles. The van der Waals surface area contributed by atoms with E-state index in [1.807, 2.05) is 42.2 Å². The summed E-state index contributed by atoms with van der Waals surface area (Å²) in [6.45, 7) is 2.07. The minimum atomic E-state index is 0.0791. The van der Waals surface area contributed by atoms with Crippen molar-refractivity contribution in [3.8, 4) is 0 Å². The molecule has 5 heteroatoms. The molecule has 3 N–H and O–H groups in total. The summed E-state index contributed by atoms with van der Waals surface area (Å²) >= 11 is 6.06. The molecule has 0 bridgehead atoms. The second kappa shape index (κ2) is 6.19. The van der Waals surface area contributed by atoms with Crippen LogP contribution in [-0.2, 0) is 13.5 Å². The van der Waals surface area contributed by atoms with E-state index in [0.29, 0.717) is 0 Å². The number of halogens is 1. The molecule has 102 valence electrons. The number of hydrogen-bond acceptors (Lipinski definition) is 3. The molecule has 0 radical (unpaired) electrons. The molecule has 2 aromatic rings. The van der Waals surface area contributed by atoms with E-state index in [1.165, 1.54) is 5.56 Å². The Morgan fingerprint density at radius 1 is 1.47 bits per heavy atom. The highest BCUT2D eigenvalue weighted by atomic mass is 35.5. The summed E-state index contributed by atoms with van der Waals surface area (Å²) in [7, 11) is 2.00. The summed E-state index contributed by atoms with van der Waals surface area (Å²) in [5.41, 5.74) is 5.20. The van der Waals surface area contributed by atoms with Crippen LogP contribution in [0.4, 0.5) is 0 Å². The van der Waals surface area contributed by atoms with Crippen molar-refractivity contribution in [1.29, 1.82) is 0 Å². The van der Waals surface area contributed by atoms with Gasteiger partial charge in [-0.2, -0.15) is 0 Å². The summed E-state index contributed by atoms with van der Waals surface area (Å²) in [5, 5.41) is 0.734. The topological polar surface area (TPSA) is 55.9 Å². The van der Waals surface area contributed by atoms with E-state index < -0.39 is 0 Å². The first-order valence-electron chi connectivity index (χ1n) is 6.30. The van der Waals surface area contributed by atoms with Gasteiger partial charge in [0.05, 0.1) is 0 Å². The molecule has 0 spiro atoms. The number of benzene rings is 1. The molecule has 0 amide bonds. The van der Waals surface area contributed by atoms with Gasteiger partial charge >= 0.3 is 0 Å². The van der Waals surface area contributed by atoms with Gasteiger partial charge in [0, 0.05) is 36.9 Å². The first-order chi connectivity index (χ1) is 9.11. The number of aromatic nitrogens is 2. The fourth-order valence-corrected chi connectivity index (χ4v) is 2.41. The Hall–Kier alpha value is -1.36. The van der Waals surface area contributed by atoms with Crippen LogP contribution in [0.25, 0.3) is 0 Å². The third-order valence-electron chi connectivity index (χ3n) is 3.40. The number of nitrogens with one attached hydrogen (secondary N) is 1. The fraction of sp³-hybridized carbons (Fsp3) is 0.357. The first kappa shape index (κ1) is 14.1. The standard InChI is InChI=1S/C14H19ClN4/c1-10-3-4-11(15)9-12(10)13(18-16)5-6-14-17-7-8-19(14)2/h3-4,7-9,13,18H,5-6,16H2,1-2H3. The monoisotopic (exact) mass is 278 g/mol. The lowest BCUT2D eigenvalue weighted by Crippen LogP contribution is -2.29. The average Bonchev–Trinajstić information content (AvgIpc) is 2.80. The predicted molar refractivity (Wildman–Crippen MR) is 77.8 cm³/mol. The molecule has 0 aliphatic carbocycles. The molecule has 19 heavy (non-hydrogen) atoms. The van der Waals surface area contributed by atoms with Gasteiger partial charge in [-0.3, -0.25) is 11.3 Å². The van der Waals surface area contributed by atoms with Crippen LogP contribution in [0.3, 0.4) is 0 Å². The van der Waals surface area contributed by atoms with Crippen molar-refractivity contribution in [1.82, 2.24) is 15.0 Å². The van der Waals surface area contributed by atoms with Gasteiger partial charge in [0.15, 0.2) is 0 Å². The number of aryl methyl sites for hydroxylation is 3. The Bertz CT molecular complexity index is 550. The number of hydrazine groups is 1. The van der Waals surface area contributed by atoms with Gasteiger partial charge in [-0.25, -0.2) is 4.98 Å². The second-order valence-corrected chi connectivity index (χ2v) is 5.15. The summed E-state index contributed by atoms with van der Waals surface area (Å²) in [5.74, 6) is 6.74. The van der Waals surface area contributed by atoms with Crippen molar-refractivity contribution in [2.45, 2.75) is 25.8 Å². The molecule has 0 aliphatic rings. The third kappa shape index (κ3) is 3.35. The van der Waals surface area contributed by atoms with E-state index in [1.54, 1.807) is 0 Å². The van der Waals surface area contributed by atoms with Gasteiger partial charge in [-0.1, -0.05) is 17.7 Å². The summed E-state index contributed by atoms with van der Waals surface area (Å²) < 4.78 is 2.03. The van der Waals surface area contributed by atoms with Crippen LogP contribution in [0.1, 0.15) is 29.4 Å². The maximum atomic E-state index is 6.06. The largest absolute Gasteiger partial charge is 0.338 e. The van der Waals surface area contributed by atoms with Gasteiger partial charge in [-0.15, -0.1) is 0 Å². The van der Waals surface area contributed by atoms with Crippen molar-refractivity contribution in [2.24, 2.45) is 12.9 Å². The lowest BCUT2D eigenvalue weighted by Gasteiger charge is -2.18. The van der Waals surface area contributed by atoms with Gasteiger partial charge in [-0.05, 0) is 36.6 Å². The van der Waals surface area contributed by atoms with Crippen molar-refractivity contribution in [2.75, 3.05) is 0 Å². The molecule has 2 rings (SSSR count). The van der Waals surface area contributed by atoms with E-state index in [4.69, 9.17) is 17.4 Å². The highest BCUT2D eigenvalue weighted by molar-refractivity contribution is 6.30. The Labute approximate surface area is 118 Å². The molecular formula is C14H19ClN4. The summed E-state index contributed by atoms with van der Waals surface area (Å²) in [6.07, 6.45) is 5.50. The summed E-state index contributed by atoms with van der Waals surface area (Å²) in [6, 6.07) is 5.96. The molecule has 4 nitrogen and oxygen atoms in total. The molecule has 1 aromatic heterocycles. The van der Waals surface area contributed by atoms with Crippen LogP contribution in [-0.4, -0.2) is 9.55 Å². The van der Waals surface area contributed by atoms with Crippen LogP contribution in [0.5, 0.6) is 0 Å².